The summed E-state index contributed by atoms with van der Waals surface area (Å²) in [5.74, 6) is -0.0191. The van der Waals surface area contributed by atoms with Crippen molar-refractivity contribution in [2.75, 3.05) is 10.2 Å². The minimum absolute atomic E-state index is 0.0191. The second-order valence-electron chi connectivity index (χ2n) is 8.96. The number of hydrogen-bond donors (Lipinski definition) is 1. The molecular formula is C30H28N2O. The molecular weight excluding hydrogens is 404 g/mol. The molecule has 4 aromatic carbocycles. The third kappa shape index (κ3) is 3.80. The van der Waals surface area contributed by atoms with Crippen LogP contribution in [0.4, 0.5) is 11.4 Å². The van der Waals surface area contributed by atoms with Crippen LogP contribution < -0.4 is 10.2 Å². The number of nitrogens with one attached hydrogen (secondary N) is 1. The molecule has 0 saturated carbocycles. The van der Waals surface area contributed by atoms with Crippen molar-refractivity contribution in [1.82, 2.24) is 0 Å². The maximum Gasteiger partial charge on any atom is 0.275 e. The van der Waals surface area contributed by atoms with Gasteiger partial charge in [0.1, 0.15) is 5.70 Å². The van der Waals surface area contributed by atoms with E-state index >= 15 is 0 Å². The zero-order chi connectivity index (χ0) is 23.1. The third-order valence-electron chi connectivity index (χ3n) is 6.75. The highest BCUT2D eigenvalue weighted by atomic mass is 16.2. The molecule has 0 bridgehead atoms. The third-order valence-corrected chi connectivity index (χ3v) is 6.75. The molecule has 3 nitrogen and oxygen atoms in total. The van der Waals surface area contributed by atoms with Crippen LogP contribution in [0.5, 0.6) is 0 Å². The Hall–Kier alpha value is -3.85. The minimum Gasteiger partial charge on any atom is -0.351 e. The van der Waals surface area contributed by atoms with Crippen molar-refractivity contribution < 1.29 is 4.79 Å². The van der Waals surface area contributed by atoms with E-state index in [1.807, 2.05) is 17.0 Å². The van der Waals surface area contributed by atoms with Gasteiger partial charge < -0.3 is 5.32 Å². The van der Waals surface area contributed by atoms with Crippen LogP contribution in [-0.4, -0.2) is 5.91 Å². The van der Waals surface area contributed by atoms with Crippen LogP contribution in [0, 0.1) is 27.7 Å². The Balaban J connectivity index is 1.63. The van der Waals surface area contributed by atoms with Crippen LogP contribution in [0.2, 0.25) is 0 Å². The van der Waals surface area contributed by atoms with Gasteiger partial charge in [-0.1, -0.05) is 54.6 Å². The molecule has 1 N–H and O–H groups in total. The van der Waals surface area contributed by atoms with E-state index in [-0.39, 0.29) is 11.9 Å². The predicted molar refractivity (Wildman–Crippen MR) is 138 cm³/mol. The summed E-state index contributed by atoms with van der Waals surface area (Å²) in [5.41, 5.74) is 8.39. The topological polar surface area (TPSA) is 32.3 Å². The van der Waals surface area contributed by atoms with Crippen molar-refractivity contribution in [3.05, 3.63) is 118 Å². The van der Waals surface area contributed by atoms with Gasteiger partial charge in [0.25, 0.3) is 5.91 Å². The van der Waals surface area contributed by atoms with Gasteiger partial charge in [0.15, 0.2) is 0 Å². The maximum absolute atomic E-state index is 13.8. The molecule has 4 aromatic rings. The monoisotopic (exact) mass is 432 g/mol. The molecule has 0 unspecified atom stereocenters. The van der Waals surface area contributed by atoms with E-state index in [4.69, 9.17) is 0 Å². The molecule has 1 atom stereocenters. The Kier molecular flexibility index (Phi) is 5.26. The Labute approximate surface area is 195 Å². The van der Waals surface area contributed by atoms with Gasteiger partial charge in [-0.15, -0.1) is 0 Å². The lowest BCUT2D eigenvalue weighted by atomic mass is 9.98. The number of rotatable bonds is 4. The molecule has 1 aliphatic heterocycles. The SMILES string of the molecule is Cc1ccc(NC2=C[C@@H](c3cccc4ccccc34)N(c3ccc(C)c(C)c3)C2=O)cc1C. The summed E-state index contributed by atoms with van der Waals surface area (Å²) >= 11 is 0. The lowest BCUT2D eigenvalue weighted by Crippen LogP contribution is -2.31. The maximum atomic E-state index is 13.8. The van der Waals surface area contributed by atoms with Crippen LogP contribution >= 0.6 is 0 Å². The fraction of sp³-hybridized carbons (Fsp3) is 0.167. The van der Waals surface area contributed by atoms with Crippen LogP contribution in [0.15, 0.2) is 90.6 Å². The summed E-state index contributed by atoms with van der Waals surface area (Å²) in [4.78, 5) is 15.7. The lowest BCUT2D eigenvalue weighted by Gasteiger charge is -2.27. The molecule has 0 saturated heterocycles. The summed E-state index contributed by atoms with van der Waals surface area (Å²) in [6.07, 6.45) is 2.06. The highest BCUT2D eigenvalue weighted by molar-refractivity contribution is 6.11. The first-order valence-electron chi connectivity index (χ1n) is 11.4. The molecule has 1 heterocycles. The van der Waals surface area contributed by atoms with Crippen molar-refractivity contribution in [2.24, 2.45) is 0 Å². The largest absolute Gasteiger partial charge is 0.351 e. The number of fused-ring (bicyclic) bond motifs is 1. The highest BCUT2D eigenvalue weighted by Gasteiger charge is 2.35. The van der Waals surface area contributed by atoms with Gasteiger partial charge in [-0.05, 0) is 96.6 Å². The molecule has 3 heteroatoms. The normalized spacial score (nSPS) is 15.8. The van der Waals surface area contributed by atoms with Gasteiger partial charge >= 0.3 is 0 Å². The molecule has 0 aliphatic carbocycles. The van der Waals surface area contributed by atoms with Crippen LogP contribution in [-0.2, 0) is 4.79 Å². The van der Waals surface area contributed by atoms with Crippen molar-refractivity contribution in [3.63, 3.8) is 0 Å². The number of aryl methyl sites for hydroxylation is 4. The standard InChI is InChI=1S/C30H28N2O/c1-19-12-14-24(16-21(19)3)31-28-18-29(27-11-7-9-23-8-5-6-10-26(23)27)32(30(28)33)25-15-13-20(2)22(4)17-25/h5-18,29,31H,1-4H3/t29-/m0/s1. The Bertz CT molecular complexity index is 1410. The molecule has 164 valence electrons. The van der Waals surface area contributed by atoms with Gasteiger partial charge in [-0.3, -0.25) is 9.69 Å². The first-order valence-corrected chi connectivity index (χ1v) is 11.4. The number of amides is 1. The average Bonchev–Trinajstić information content (AvgIpc) is 3.13. The molecule has 0 fully saturated rings. The van der Waals surface area contributed by atoms with Crippen LogP contribution in [0.25, 0.3) is 10.8 Å². The second-order valence-corrected chi connectivity index (χ2v) is 8.96. The molecule has 1 amide bonds. The quantitative estimate of drug-likeness (QED) is 0.371. The summed E-state index contributed by atoms with van der Waals surface area (Å²) in [6.45, 7) is 8.37. The van der Waals surface area contributed by atoms with Crippen LogP contribution in [0.1, 0.15) is 33.9 Å². The summed E-state index contributed by atoms with van der Waals surface area (Å²) in [5, 5.41) is 5.74. The number of anilines is 2. The first-order chi connectivity index (χ1) is 15.9. The smallest absolute Gasteiger partial charge is 0.275 e. The molecule has 0 aromatic heterocycles. The molecule has 0 radical (unpaired) electrons. The van der Waals surface area contributed by atoms with Crippen molar-refractivity contribution in [2.45, 2.75) is 33.7 Å². The van der Waals surface area contributed by atoms with Crippen molar-refractivity contribution in [1.29, 1.82) is 0 Å². The van der Waals surface area contributed by atoms with Gasteiger partial charge in [0, 0.05) is 11.4 Å². The van der Waals surface area contributed by atoms with E-state index in [0.29, 0.717) is 5.70 Å². The van der Waals surface area contributed by atoms with Gasteiger partial charge in [-0.25, -0.2) is 0 Å². The van der Waals surface area contributed by atoms with E-state index in [1.54, 1.807) is 0 Å². The number of carbonyl (C=O) groups excluding carboxylic acids is 1. The number of benzene rings is 4. The van der Waals surface area contributed by atoms with E-state index < -0.39 is 0 Å². The zero-order valence-corrected chi connectivity index (χ0v) is 19.5. The van der Waals surface area contributed by atoms with Crippen LogP contribution in [0.3, 0.4) is 0 Å². The molecule has 1 aliphatic rings. The van der Waals surface area contributed by atoms with Gasteiger partial charge in [0.2, 0.25) is 0 Å². The summed E-state index contributed by atoms with van der Waals surface area (Å²) in [7, 11) is 0. The predicted octanol–water partition coefficient (Wildman–Crippen LogP) is 7.16. The molecule has 5 rings (SSSR count). The fourth-order valence-corrected chi connectivity index (χ4v) is 4.52. The lowest BCUT2D eigenvalue weighted by molar-refractivity contribution is -0.114. The summed E-state index contributed by atoms with van der Waals surface area (Å²) < 4.78 is 0. The van der Waals surface area contributed by atoms with Crippen molar-refractivity contribution in [3.8, 4) is 0 Å². The summed E-state index contributed by atoms with van der Waals surface area (Å²) in [6, 6.07) is 26.9. The van der Waals surface area contributed by atoms with Gasteiger partial charge in [-0.2, -0.15) is 0 Å². The highest BCUT2D eigenvalue weighted by Crippen LogP contribution is 2.39. The van der Waals surface area contributed by atoms with E-state index in [9.17, 15) is 4.79 Å². The number of carbonyl (C=O) groups is 1. The molecule has 33 heavy (non-hydrogen) atoms. The number of hydrogen-bond acceptors (Lipinski definition) is 2. The van der Waals surface area contributed by atoms with E-state index in [1.165, 1.54) is 27.6 Å². The zero-order valence-electron chi connectivity index (χ0n) is 19.5. The molecule has 0 spiro atoms. The number of nitrogens with zero attached hydrogens (tertiary/aromatic N) is 1. The second kappa shape index (κ2) is 8.25. The fourth-order valence-electron chi connectivity index (χ4n) is 4.52. The van der Waals surface area contributed by atoms with Crippen molar-refractivity contribution >= 4 is 28.1 Å². The Morgan fingerprint density at radius 3 is 2.18 bits per heavy atom. The Morgan fingerprint density at radius 1 is 0.727 bits per heavy atom. The van der Waals surface area contributed by atoms with E-state index in [0.717, 1.165) is 22.3 Å². The Morgan fingerprint density at radius 2 is 1.42 bits per heavy atom. The minimum atomic E-state index is -0.195. The van der Waals surface area contributed by atoms with Gasteiger partial charge in [0.05, 0.1) is 6.04 Å². The average molecular weight is 433 g/mol. The first kappa shape index (κ1) is 21.0. The van der Waals surface area contributed by atoms with E-state index in [2.05, 4.69) is 106 Å².